The van der Waals surface area contributed by atoms with Gasteiger partial charge in [-0.1, -0.05) is 25.0 Å². The first-order valence-electron chi connectivity index (χ1n) is 10.1. The fraction of sp³-hybridized carbons (Fsp3) is 0.217. The van der Waals surface area contributed by atoms with Crippen LogP contribution in [0.15, 0.2) is 65.1 Å². The van der Waals surface area contributed by atoms with Gasteiger partial charge in [0.2, 0.25) is 0 Å². The van der Waals surface area contributed by atoms with Crippen molar-refractivity contribution in [3.8, 4) is 11.3 Å². The lowest BCUT2D eigenvalue weighted by molar-refractivity contribution is -0.110. The summed E-state index contributed by atoms with van der Waals surface area (Å²) >= 11 is 0. The van der Waals surface area contributed by atoms with Crippen molar-refractivity contribution in [2.24, 2.45) is 10.2 Å². The Hall–Kier alpha value is -3.68. The first-order chi connectivity index (χ1) is 15.1. The van der Waals surface area contributed by atoms with Crippen molar-refractivity contribution in [1.29, 1.82) is 0 Å². The Morgan fingerprint density at radius 1 is 1.06 bits per heavy atom. The molecule has 4 rings (SSSR count). The van der Waals surface area contributed by atoms with Crippen molar-refractivity contribution in [2.75, 3.05) is 5.32 Å². The van der Waals surface area contributed by atoms with Crippen LogP contribution in [-0.2, 0) is 4.79 Å². The minimum atomic E-state index is -0.592. The molecule has 8 heteroatoms. The topological polar surface area (TPSA) is 71.6 Å². The van der Waals surface area contributed by atoms with Gasteiger partial charge in [-0.25, -0.2) is 13.8 Å². The van der Waals surface area contributed by atoms with Crippen LogP contribution in [-0.4, -0.2) is 27.9 Å². The highest BCUT2D eigenvalue weighted by Crippen LogP contribution is 2.33. The molecule has 0 atom stereocenters. The molecule has 1 amide bonds. The van der Waals surface area contributed by atoms with Gasteiger partial charge in [0.25, 0.3) is 5.91 Å². The minimum absolute atomic E-state index is 0.0702. The van der Waals surface area contributed by atoms with Crippen molar-refractivity contribution >= 4 is 24.0 Å². The second kappa shape index (κ2) is 9.42. The Morgan fingerprint density at radius 2 is 1.81 bits per heavy atom. The molecule has 6 nitrogen and oxygen atoms in total. The quantitative estimate of drug-likeness (QED) is 0.450. The predicted molar refractivity (Wildman–Crippen MR) is 116 cm³/mol. The fourth-order valence-corrected chi connectivity index (χ4v) is 3.70. The monoisotopic (exact) mass is 421 g/mol. The van der Waals surface area contributed by atoms with E-state index >= 15 is 0 Å². The Kier molecular flexibility index (Phi) is 6.26. The third-order valence-electron chi connectivity index (χ3n) is 5.22. The normalized spacial score (nSPS) is 14.6. The van der Waals surface area contributed by atoms with Crippen molar-refractivity contribution in [2.45, 2.75) is 31.7 Å². The number of amides is 1. The summed E-state index contributed by atoms with van der Waals surface area (Å²) in [6.45, 7) is 0. The summed E-state index contributed by atoms with van der Waals surface area (Å²) in [6.07, 6.45) is 8.69. The second-order valence-corrected chi connectivity index (χ2v) is 7.29. The van der Waals surface area contributed by atoms with Crippen molar-refractivity contribution in [3.05, 3.63) is 72.2 Å². The third-order valence-corrected chi connectivity index (χ3v) is 5.22. The molecule has 0 spiro atoms. The smallest absolute Gasteiger partial charge is 0.268 e. The lowest BCUT2D eigenvalue weighted by atomic mass is 10.1. The van der Waals surface area contributed by atoms with Crippen molar-refractivity contribution in [1.82, 2.24) is 9.55 Å². The Labute approximate surface area is 178 Å². The molecule has 1 aromatic heterocycles. The summed E-state index contributed by atoms with van der Waals surface area (Å²) in [5, 5.41) is 10.2. The number of nitrogens with zero attached hydrogens (tertiary/aromatic N) is 4. The number of hydrogen-bond donors (Lipinski definition) is 1. The first kappa shape index (κ1) is 20.6. The number of carbonyl (C=O) groups excluding carboxylic acids is 1. The van der Waals surface area contributed by atoms with E-state index in [1.54, 1.807) is 24.5 Å². The standard InChI is InChI=1S/C23H21F2N5O/c24-17-11-9-16(10-12-17)23-21(30(15-26-23)18-5-1-2-6-18)13-27-28-14-22(31)29-20-8-4-3-7-19(20)25/h3-4,7-15,18H,1-2,5-6H2,(H,29,31)/b27-13+,28-14+. The Balaban J connectivity index is 1.54. The number of para-hydroxylation sites is 1. The van der Waals surface area contributed by atoms with Crippen LogP contribution in [0.3, 0.4) is 0 Å². The van der Waals surface area contributed by atoms with Gasteiger partial charge in [-0.15, -0.1) is 0 Å². The molecule has 0 bridgehead atoms. The highest BCUT2D eigenvalue weighted by Gasteiger charge is 2.21. The molecular weight excluding hydrogens is 400 g/mol. The van der Waals surface area contributed by atoms with Gasteiger partial charge in [-0.05, 0) is 49.2 Å². The van der Waals surface area contributed by atoms with Crippen LogP contribution in [0.25, 0.3) is 11.3 Å². The zero-order chi connectivity index (χ0) is 21.6. The molecule has 0 saturated heterocycles. The summed E-state index contributed by atoms with van der Waals surface area (Å²) in [7, 11) is 0. The van der Waals surface area contributed by atoms with Crippen LogP contribution in [0, 0.1) is 11.6 Å². The van der Waals surface area contributed by atoms with E-state index in [1.807, 2.05) is 0 Å². The number of nitrogens with one attached hydrogen (secondary N) is 1. The van der Waals surface area contributed by atoms with Gasteiger partial charge < -0.3 is 9.88 Å². The lowest BCUT2D eigenvalue weighted by Crippen LogP contribution is -2.13. The van der Waals surface area contributed by atoms with Crippen LogP contribution in [0.4, 0.5) is 14.5 Å². The zero-order valence-electron chi connectivity index (χ0n) is 16.7. The summed E-state index contributed by atoms with van der Waals surface area (Å²) in [5.74, 6) is -1.44. The van der Waals surface area contributed by atoms with Crippen molar-refractivity contribution < 1.29 is 13.6 Å². The minimum Gasteiger partial charge on any atom is -0.326 e. The van der Waals surface area contributed by atoms with Gasteiger partial charge in [0, 0.05) is 11.6 Å². The number of anilines is 1. The first-order valence-corrected chi connectivity index (χ1v) is 10.1. The number of imidazole rings is 1. The van der Waals surface area contributed by atoms with Crippen LogP contribution in [0.2, 0.25) is 0 Å². The molecule has 0 aliphatic heterocycles. The van der Waals surface area contributed by atoms with Crippen LogP contribution >= 0.6 is 0 Å². The van der Waals surface area contributed by atoms with E-state index in [0.717, 1.165) is 43.2 Å². The molecule has 1 aliphatic carbocycles. The summed E-state index contributed by atoms with van der Waals surface area (Å²) in [5.41, 5.74) is 2.24. The van der Waals surface area contributed by atoms with E-state index in [2.05, 4.69) is 25.1 Å². The molecule has 1 saturated carbocycles. The molecule has 3 aromatic rings. The number of hydrogen-bond acceptors (Lipinski definition) is 4. The third kappa shape index (κ3) is 4.91. The molecule has 31 heavy (non-hydrogen) atoms. The molecule has 1 fully saturated rings. The molecule has 0 radical (unpaired) electrons. The number of carbonyl (C=O) groups is 1. The van der Waals surface area contributed by atoms with Crippen molar-refractivity contribution in [3.63, 3.8) is 0 Å². The maximum Gasteiger partial charge on any atom is 0.268 e. The zero-order valence-corrected chi connectivity index (χ0v) is 16.7. The van der Waals surface area contributed by atoms with Crippen LogP contribution in [0.5, 0.6) is 0 Å². The van der Waals surface area contributed by atoms with E-state index in [0.29, 0.717) is 11.7 Å². The van der Waals surface area contributed by atoms with Gasteiger partial charge in [0.15, 0.2) is 0 Å². The van der Waals surface area contributed by atoms with Gasteiger partial charge in [0.05, 0.1) is 29.6 Å². The van der Waals surface area contributed by atoms with E-state index in [1.165, 1.54) is 36.5 Å². The number of halogens is 2. The summed E-state index contributed by atoms with van der Waals surface area (Å²) in [6, 6.07) is 12.3. The van der Waals surface area contributed by atoms with E-state index < -0.39 is 11.7 Å². The molecule has 1 aliphatic rings. The van der Waals surface area contributed by atoms with Gasteiger partial charge in [-0.3, -0.25) is 4.79 Å². The Morgan fingerprint density at radius 3 is 2.55 bits per heavy atom. The fourth-order valence-electron chi connectivity index (χ4n) is 3.70. The SMILES string of the molecule is O=C(/C=N/N=C/c1c(-c2ccc(F)cc2)ncn1C1CCCC1)Nc1ccccc1F. The molecule has 1 N–H and O–H groups in total. The number of rotatable bonds is 6. The molecule has 0 unspecified atom stereocenters. The highest BCUT2D eigenvalue weighted by atomic mass is 19.1. The van der Waals surface area contributed by atoms with E-state index in [4.69, 9.17) is 0 Å². The summed E-state index contributed by atoms with van der Waals surface area (Å²) in [4.78, 5) is 16.5. The Bertz CT molecular complexity index is 1120. The van der Waals surface area contributed by atoms with Gasteiger partial charge >= 0.3 is 0 Å². The molecule has 158 valence electrons. The van der Waals surface area contributed by atoms with Crippen LogP contribution < -0.4 is 5.32 Å². The highest BCUT2D eigenvalue weighted by molar-refractivity contribution is 6.31. The van der Waals surface area contributed by atoms with Gasteiger partial charge in [-0.2, -0.15) is 10.2 Å². The maximum absolute atomic E-state index is 13.6. The number of aromatic nitrogens is 2. The summed E-state index contributed by atoms with van der Waals surface area (Å²) < 4.78 is 29.0. The second-order valence-electron chi connectivity index (χ2n) is 7.29. The lowest BCUT2D eigenvalue weighted by Gasteiger charge is -2.13. The van der Waals surface area contributed by atoms with Gasteiger partial charge in [0.1, 0.15) is 17.8 Å². The molecule has 1 heterocycles. The largest absolute Gasteiger partial charge is 0.326 e. The maximum atomic E-state index is 13.6. The molecule has 2 aromatic carbocycles. The predicted octanol–water partition coefficient (Wildman–Crippen LogP) is 4.99. The van der Waals surface area contributed by atoms with Crippen LogP contribution in [0.1, 0.15) is 37.4 Å². The average Bonchev–Trinajstić information content (AvgIpc) is 3.43. The number of benzene rings is 2. The van der Waals surface area contributed by atoms with E-state index in [9.17, 15) is 13.6 Å². The van der Waals surface area contributed by atoms with E-state index in [-0.39, 0.29) is 11.5 Å². The molecular formula is C23H21F2N5O. The average molecular weight is 421 g/mol.